The zero-order chi connectivity index (χ0) is 7.56. The summed E-state index contributed by atoms with van der Waals surface area (Å²) in [6.45, 7) is 1.85. The Morgan fingerprint density at radius 3 is 2.80 bits per heavy atom. The quantitative estimate of drug-likeness (QED) is 0.637. The van der Waals surface area contributed by atoms with E-state index in [-0.39, 0.29) is 0 Å². The Kier molecular flexibility index (Phi) is 2.03. The van der Waals surface area contributed by atoms with Crippen LogP contribution in [0.15, 0.2) is 16.6 Å². The number of hydrogen-bond donors (Lipinski definition) is 0. The molecule has 0 saturated heterocycles. The molecule has 0 N–H and O–H groups in total. The summed E-state index contributed by atoms with van der Waals surface area (Å²) >= 11 is 3.26. The number of halogens is 1. The van der Waals surface area contributed by atoms with Gasteiger partial charge < -0.3 is 0 Å². The van der Waals surface area contributed by atoms with Crippen LogP contribution in [0, 0.1) is 18.3 Å². The number of nitriles is 1. The summed E-state index contributed by atoms with van der Waals surface area (Å²) in [5, 5.41) is 8.45. The molecule has 1 rings (SSSR count). The molecule has 3 heteroatoms. The molecule has 0 unspecified atom stereocenters. The maximum absolute atomic E-state index is 8.45. The maximum Gasteiger partial charge on any atom is 0.141 e. The van der Waals surface area contributed by atoms with Crippen molar-refractivity contribution in [3.8, 4) is 6.07 Å². The Hall–Kier alpha value is -0.880. The third kappa shape index (κ3) is 1.55. The van der Waals surface area contributed by atoms with Crippen LogP contribution in [0.5, 0.6) is 0 Å². The van der Waals surface area contributed by atoms with Crippen molar-refractivity contribution in [1.29, 1.82) is 5.26 Å². The van der Waals surface area contributed by atoms with Gasteiger partial charge in [-0.3, -0.25) is 0 Å². The first-order valence-corrected chi connectivity index (χ1v) is 3.56. The summed E-state index contributed by atoms with van der Waals surface area (Å²) in [6, 6.07) is 5.52. The Balaban J connectivity index is 3.22. The monoisotopic (exact) mass is 196 g/mol. The smallest absolute Gasteiger partial charge is 0.141 e. The lowest BCUT2D eigenvalue weighted by Crippen LogP contribution is -1.85. The average molecular weight is 197 g/mol. The molecular formula is C7H5BrN2. The predicted octanol–water partition coefficient (Wildman–Crippen LogP) is 2.02. The Morgan fingerprint density at radius 1 is 1.60 bits per heavy atom. The van der Waals surface area contributed by atoms with Gasteiger partial charge in [0.25, 0.3) is 0 Å². The Morgan fingerprint density at radius 2 is 2.30 bits per heavy atom. The van der Waals surface area contributed by atoms with E-state index >= 15 is 0 Å². The number of rotatable bonds is 0. The third-order valence-corrected chi connectivity index (χ3v) is 1.49. The van der Waals surface area contributed by atoms with Crippen molar-refractivity contribution >= 4 is 15.9 Å². The van der Waals surface area contributed by atoms with Gasteiger partial charge in [0.05, 0.1) is 0 Å². The first kappa shape index (κ1) is 7.23. The largest absolute Gasteiger partial charge is 0.242 e. The second kappa shape index (κ2) is 2.80. The van der Waals surface area contributed by atoms with Crippen LogP contribution in [0.3, 0.4) is 0 Å². The fourth-order valence-electron chi connectivity index (χ4n) is 0.684. The summed E-state index contributed by atoms with van der Waals surface area (Å²) in [5.74, 6) is 0. The molecule has 10 heavy (non-hydrogen) atoms. The summed E-state index contributed by atoms with van der Waals surface area (Å²) in [5.41, 5.74) is 1.30. The van der Waals surface area contributed by atoms with Crippen LogP contribution in [0.25, 0.3) is 0 Å². The number of pyridine rings is 1. The second-order valence-electron chi connectivity index (χ2n) is 1.92. The normalized spacial score (nSPS) is 8.90. The highest BCUT2D eigenvalue weighted by atomic mass is 79.9. The number of hydrogen-bond acceptors (Lipinski definition) is 2. The van der Waals surface area contributed by atoms with Crippen molar-refractivity contribution in [2.45, 2.75) is 6.92 Å². The molecule has 0 spiro atoms. The van der Waals surface area contributed by atoms with E-state index in [2.05, 4.69) is 20.9 Å². The van der Waals surface area contributed by atoms with E-state index in [4.69, 9.17) is 5.26 Å². The highest BCUT2D eigenvalue weighted by Crippen LogP contribution is 2.10. The lowest BCUT2D eigenvalue weighted by molar-refractivity contribution is 1.16. The molecule has 0 aromatic carbocycles. The van der Waals surface area contributed by atoms with E-state index in [1.54, 1.807) is 6.07 Å². The van der Waals surface area contributed by atoms with Crippen molar-refractivity contribution < 1.29 is 0 Å². The minimum absolute atomic E-state index is 0.451. The van der Waals surface area contributed by atoms with E-state index in [0.717, 1.165) is 10.2 Å². The Bertz CT molecular complexity index is 268. The molecular weight excluding hydrogens is 192 g/mol. The average Bonchev–Trinajstić information content (AvgIpc) is 1.85. The summed E-state index contributed by atoms with van der Waals surface area (Å²) in [4.78, 5) is 3.96. The van der Waals surface area contributed by atoms with Crippen LogP contribution in [0.2, 0.25) is 0 Å². The van der Waals surface area contributed by atoms with Gasteiger partial charge in [-0.15, -0.1) is 0 Å². The molecule has 0 atom stereocenters. The fourth-order valence-corrected chi connectivity index (χ4v) is 1.23. The molecule has 2 nitrogen and oxygen atoms in total. The molecule has 1 aromatic heterocycles. The predicted molar refractivity (Wildman–Crippen MR) is 41.4 cm³/mol. The minimum atomic E-state index is 0.451. The summed E-state index contributed by atoms with van der Waals surface area (Å²) < 4.78 is 0.900. The van der Waals surface area contributed by atoms with Gasteiger partial charge in [-0.25, -0.2) is 4.98 Å². The number of aryl methyl sites for hydroxylation is 1. The molecule has 0 aliphatic rings. The zero-order valence-electron chi connectivity index (χ0n) is 5.43. The van der Waals surface area contributed by atoms with Crippen LogP contribution in [-0.2, 0) is 0 Å². The third-order valence-electron chi connectivity index (χ3n) is 1.03. The highest BCUT2D eigenvalue weighted by Gasteiger charge is 1.94. The van der Waals surface area contributed by atoms with Gasteiger partial charge in [0.15, 0.2) is 0 Å². The van der Waals surface area contributed by atoms with Crippen LogP contribution in [-0.4, -0.2) is 4.98 Å². The van der Waals surface area contributed by atoms with Gasteiger partial charge in [-0.2, -0.15) is 5.26 Å². The van der Waals surface area contributed by atoms with Crippen molar-refractivity contribution in [2.75, 3.05) is 0 Å². The lowest BCUT2D eigenvalue weighted by Gasteiger charge is -1.92. The molecule has 0 amide bonds. The topological polar surface area (TPSA) is 36.7 Å². The van der Waals surface area contributed by atoms with Crippen molar-refractivity contribution in [3.63, 3.8) is 0 Å². The lowest BCUT2D eigenvalue weighted by atomic mass is 10.3. The number of aromatic nitrogens is 1. The van der Waals surface area contributed by atoms with E-state index in [9.17, 15) is 0 Å². The SMILES string of the molecule is Cc1cc(Br)cc(C#N)n1. The number of nitrogens with zero attached hydrogens (tertiary/aromatic N) is 2. The summed E-state index contributed by atoms with van der Waals surface area (Å²) in [7, 11) is 0. The van der Waals surface area contributed by atoms with Crippen LogP contribution < -0.4 is 0 Å². The van der Waals surface area contributed by atoms with Gasteiger partial charge in [-0.05, 0) is 19.1 Å². The minimum Gasteiger partial charge on any atom is -0.242 e. The van der Waals surface area contributed by atoms with Gasteiger partial charge in [0, 0.05) is 10.2 Å². The van der Waals surface area contributed by atoms with E-state index < -0.39 is 0 Å². The van der Waals surface area contributed by atoms with Crippen LogP contribution in [0.1, 0.15) is 11.4 Å². The summed E-state index contributed by atoms with van der Waals surface area (Å²) in [6.07, 6.45) is 0. The van der Waals surface area contributed by atoms with Gasteiger partial charge in [-0.1, -0.05) is 15.9 Å². The van der Waals surface area contributed by atoms with Crippen molar-refractivity contribution in [1.82, 2.24) is 4.98 Å². The first-order chi connectivity index (χ1) is 4.72. The molecule has 1 heterocycles. The maximum atomic E-state index is 8.45. The van der Waals surface area contributed by atoms with Gasteiger partial charge in [0.2, 0.25) is 0 Å². The van der Waals surface area contributed by atoms with Gasteiger partial charge in [0.1, 0.15) is 11.8 Å². The molecule has 0 fully saturated rings. The zero-order valence-corrected chi connectivity index (χ0v) is 7.01. The van der Waals surface area contributed by atoms with Crippen LogP contribution in [0.4, 0.5) is 0 Å². The fraction of sp³-hybridized carbons (Fsp3) is 0.143. The molecule has 0 aliphatic heterocycles. The molecule has 0 saturated carbocycles. The van der Waals surface area contributed by atoms with E-state index in [1.807, 2.05) is 19.1 Å². The standard InChI is InChI=1S/C7H5BrN2/c1-5-2-6(8)3-7(4-9)10-5/h2-3H,1H3. The second-order valence-corrected chi connectivity index (χ2v) is 2.84. The van der Waals surface area contributed by atoms with Crippen LogP contribution >= 0.6 is 15.9 Å². The molecule has 0 bridgehead atoms. The first-order valence-electron chi connectivity index (χ1n) is 2.76. The molecule has 50 valence electrons. The van der Waals surface area contributed by atoms with Crippen molar-refractivity contribution in [2.24, 2.45) is 0 Å². The molecule has 1 aromatic rings. The van der Waals surface area contributed by atoms with E-state index in [0.29, 0.717) is 5.69 Å². The molecule has 0 radical (unpaired) electrons. The highest BCUT2D eigenvalue weighted by molar-refractivity contribution is 9.10. The van der Waals surface area contributed by atoms with E-state index in [1.165, 1.54) is 0 Å². The van der Waals surface area contributed by atoms with Gasteiger partial charge >= 0.3 is 0 Å². The Labute approximate surface area is 67.6 Å². The van der Waals surface area contributed by atoms with Crippen molar-refractivity contribution in [3.05, 3.63) is 28.0 Å². The molecule has 0 aliphatic carbocycles.